The number of unbranched alkanes of at least 4 members (excludes halogenated alkanes) is 3. The number of likely N-dealkylation sites (N-methyl/N-ethyl adjacent to an activating group) is 1. The zero-order valence-electron chi connectivity index (χ0n) is 13.4. The molecule has 20 heavy (non-hydrogen) atoms. The highest BCUT2D eigenvalue weighted by molar-refractivity contribution is 5.67. The Morgan fingerprint density at radius 3 is 2.50 bits per heavy atom. The lowest BCUT2D eigenvalue weighted by atomic mass is 10.1. The summed E-state index contributed by atoms with van der Waals surface area (Å²) in [5.74, 6) is 0. The van der Waals surface area contributed by atoms with Crippen LogP contribution in [0.1, 0.15) is 51.9 Å². The molecule has 0 aliphatic rings. The lowest BCUT2D eigenvalue weighted by Crippen LogP contribution is -2.34. The largest absolute Gasteiger partial charge is 0.446 e. The highest BCUT2D eigenvalue weighted by Crippen LogP contribution is 2.13. The Bertz CT molecular complexity index is 235. The molecule has 0 saturated heterocycles. The van der Waals surface area contributed by atoms with Crippen molar-refractivity contribution in [2.24, 2.45) is 0 Å². The number of carbonyl (C=O) groups is 1. The molecule has 2 N–H and O–H groups in total. The van der Waals surface area contributed by atoms with Crippen LogP contribution in [0.2, 0.25) is 0 Å². The average molecular weight is 288 g/mol. The summed E-state index contributed by atoms with van der Waals surface area (Å²) in [6.45, 7) is 3.80. The molecule has 0 aliphatic heterocycles. The lowest BCUT2D eigenvalue weighted by Gasteiger charge is -2.18. The van der Waals surface area contributed by atoms with Gasteiger partial charge < -0.3 is 20.1 Å². The van der Waals surface area contributed by atoms with E-state index in [1.807, 2.05) is 19.0 Å². The van der Waals surface area contributed by atoms with Gasteiger partial charge in [0.15, 0.2) is 0 Å². The van der Waals surface area contributed by atoms with Crippen LogP contribution in [-0.2, 0) is 4.74 Å². The fraction of sp³-hybridized carbons (Fsp3) is 0.933. The van der Waals surface area contributed by atoms with Crippen molar-refractivity contribution < 1.29 is 14.6 Å². The van der Waals surface area contributed by atoms with Crippen LogP contribution in [0.15, 0.2) is 0 Å². The fourth-order valence-electron chi connectivity index (χ4n) is 2.00. The van der Waals surface area contributed by atoms with Crippen LogP contribution in [0.4, 0.5) is 4.79 Å². The van der Waals surface area contributed by atoms with E-state index in [0.717, 1.165) is 51.5 Å². The molecule has 0 bridgehead atoms. The lowest BCUT2D eigenvalue weighted by molar-refractivity contribution is 0.0850. The first-order valence-corrected chi connectivity index (χ1v) is 7.80. The number of nitrogens with one attached hydrogen (secondary N) is 1. The number of amides is 1. The first-order chi connectivity index (χ1) is 9.60. The number of hydrogen-bond acceptors (Lipinski definition) is 4. The molecular weight excluding hydrogens is 256 g/mol. The van der Waals surface area contributed by atoms with Crippen molar-refractivity contribution in [2.75, 3.05) is 33.8 Å². The second-order valence-corrected chi connectivity index (χ2v) is 5.47. The first kappa shape index (κ1) is 19.2. The number of aliphatic hydroxyl groups is 1. The van der Waals surface area contributed by atoms with Crippen LogP contribution < -0.4 is 5.32 Å². The third-order valence-electron chi connectivity index (χ3n) is 3.15. The summed E-state index contributed by atoms with van der Waals surface area (Å²) in [6.07, 6.45) is 6.62. The molecule has 1 amide bonds. The van der Waals surface area contributed by atoms with Gasteiger partial charge in [-0.25, -0.2) is 4.79 Å². The Morgan fingerprint density at radius 2 is 1.90 bits per heavy atom. The number of aliphatic hydroxyl groups excluding tert-OH is 1. The predicted molar refractivity (Wildman–Crippen MR) is 81.9 cm³/mol. The van der Waals surface area contributed by atoms with E-state index >= 15 is 0 Å². The number of alkyl carbamates (subject to hydrolysis) is 1. The van der Waals surface area contributed by atoms with Gasteiger partial charge in [-0.3, -0.25) is 0 Å². The molecule has 0 radical (unpaired) electrons. The minimum Gasteiger partial charge on any atom is -0.446 e. The number of nitrogens with zero attached hydrogens (tertiary/aromatic N) is 1. The quantitative estimate of drug-likeness (QED) is 0.541. The Balaban J connectivity index is 3.78. The second-order valence-electron chi connectivity index (χ2n) is 5.47. The van der Waals surface area contributed by atoms with Gasteiger partial charge in [0.05, 0.1) is 0 Å². The predicted octanol–water partition coefficient (Wildman–Crippen LogP) is 2.39. The van der Waals surface area contributed by atoms with Crippen molar-refractivity contribution in [3.05, 3.63) is 0 Å². The summed E-state index contributed by atoms with van der Waals surface area (Å²) in [4.78, 5) is 13.7. The van der Waals surface area contributed by atoms with Crippen molar-refractivity contribution in [1.82, 2.24) is 10.2 Å². The molecule has 0 spiro atoms. The maximum Gasteiger partial charge on any atom is 0.407 e. The summed E-state index contributed by atoms with van der Waals surface area (Å²) in [6, 6.07) is 0. The molecule has 5 heteroatoms. The van der Waals surface area contributed by atoms with Crippen LogP contribution in [0.3, 0.4) is 0 Å². The third kappa shape index (κ3) is 12.2. The minimum absolute atomic E-state index is 0.0217. The smallest absolute Gasteiger partial charge is 0.407 e. The van der Waals surface area contributed by atoms with Gasteiger partial charge >= 0.3 is 6.09 Å². The number of carbonyl (C=O) groups excluding carboxylic acids is 1. The van der Waals surface area contributed by atoms with Gasteiger partial charge in [-0.2, -0.15) is 0 Å². The zero-order chi connectivity index (χ0) is 15.2. The maximum absolute atomic E-state index is 11.7. The molecule has 0 aromatic rings. The summed E-state index contributed by atoms with van der Waals surface area (Å²) in [5, 5.41) is 11.5. The van der Waals surface area contributed by atoms with Gasteiger partial charge in [0.2, 0.25) is 0 Å². The van der Waals surface area contributed by atoms with Gasteiger partial charge in [0.1, 0.15) is 6.10 Å². The normalized spacial score (nSPS) is 12.4. The molecule has 120 valence electrons. The monoisotopic (exact) mass is 288 g/mol. The first-order valence-electron chi connectivity index (χ1n) is 7.80. The fourth-order valence-corrected chi connectivity index (χ4v) is 2.00. The van der Waals surface area contributed by atoms with E-state index in [-0.39, 0.29) is 18.8 Å². The van der Waals surface area contributed by atoms with Crippen molar-refractivity contribution in [3.63, 3.8) is 0 Å². The van der Waals surface area contributed by atoms with Crippen molar-refractivity contribution >= 4 is 6.09 Å². The van der Waals surface area contributed by atoms with Crippen molar-refractivity contribution in [2.45, 2.75) is 58.0 Å². The Labute approximate surface area is 123 Å². The molecule has 0 heterocycles. The third-order valence-corrected chi connectivity index (χ3v) is 3.15. The highest BCUT2D eigenvalue weighted by Gasteiger charge is 2.13. The molecule has 0 aromatic carbocycles. The van der Waals surface area contributed by atoms with Crippen LogP contribution in [-0.4, -0.2) is 56.0 Å². The molecule has 5 nitrogen and oxygen atoms in total. The van der Waals surface area contributed by atoms with E-state index in [9.17, 15) is 4.79 Å². The van der Waals surface area contributed by atoms with Gasteiger partial charge in [0.25, 0.3) is 0 Å². The van der Waals surface area contributed by atoms with E-state index in [1.54, 1.807) is 0 Å². The van der Waals surface area contributed by atoms with Crippen LogP contribution in [0.25, 0.3) is 0 Å². The van der Waals surface area contributed by atoms with Gasteiger partial charge in [0, 0.05) is 19.7 Å². The summed E-state index contributed by atoms with van der Waals surface area (Å²) >= 11 is 0. The number of hydrogen-bond donors (Lipinski definition) is 2. The molecule has 1 atom stereocenters. The minimum atomic E-state index is -0.305. The Hall–Kier alpha value is -0.810. The van der Waals surface area contributed by atoms with Crippen molar-refractivity contribution in [3.8, 4) is 0 Å². The molecule has 0 aromatic heterocycles. The number of ether oxygens (including phenoxy) is 1. The van der Waals surface area contributed by atoms with Gasteiger partial charge in [-0.05, 0) is 39.8 Å². The standard InChI is InChI=1S/C15H32N2O3/c1-4-9-14(10-7-5-6-8-13-18)20-15(19)16-11-12-17(2)3/h14,18H,4-13H2,1-3H3,(H,16,19). The highest BCUT2D eigenvalue weighted by atomic mass is 16.6. The molecule has 1 unspecified atom stereocenters. The zero-order valence-corrected chi connectivity index (χ0v) is 13.4. The number of rotatable bonds is 12. The summed E-state index contributed by atoms with van der Waals surface area (Å²) in [7, 11) is 3.94. The molecule has 0 fully saturated rings. The average Bonchev–Trinajstić information content (AvgIpc) is 2.38. The van der Waals surface area contributed by atoms with Crippen LogP contribution in [0, 0.1) is 0 Å². The van der Waals surface area contributed by atoms with Gasteiger partial charge in [-0.15, -0.1) is 0 Å². The Morgan fingerprint density at radius 1 is 1.20 bits per heavy atom. The Kier molecular flexibility index (Phi) is 12.7. The van der Waals surface area contributed by atoms with E-state index in [4.69, 9.17) is 9.84 Å². The van der Waals surface area contributed by atoms with E-state index in [0.29, 0.717) is 6.54 Å². The maximum atomic E-state index is 11.7. The van der Waals surface area contributed by atoms with Crippen LogP contribution >= 0.6 is 0 Å². The van der Waals surface area contributed by atoms with Crippen molar-refractivity contribution in [1.29, 1.82) is 0 Å². The van der Waals surface area contributed by atoms with E-state index < -0.39 is 0 Å². The summed E-state index contributed by atoms with van der Waals surface area (Å²) < 4.78 is 5.46. The molecule has 0 saturated carbocycles. The van der Waals surface area contributed by atoms with E-state index in [2.05, 4.69) is 12.2 Å². The second kappa shape index (κ2) is 13.2. The topological polar surface area (TPSA) is 61.8 Å². The summed E-state index contributed by atoms with van der Waals surface area (Å²) in [5.41, 5.74) is 0. The SMILES string of the molecule is CCCC(CCCCCCO)OC(=O)NCCN(C)C. The molecule has 0 rings (SSSR count). The van der Waals surface area contributed by atoms with Crippen LogP contribution in [0.5, 0.6) is 0 Å². The van der Waals surface area contributed by atoms with Gasteiger partial charge in [-0.1, -0.05) is 26.2 Å². The molecular formula is C15H32N2O3. The van der Waals surface area contributed by atoms with E-state index in [1.165, 1.54) is 0 Å². The molecule has 0 aliphatic carbocycles.